The zero-order valence-corrected chi connectivity index (χ0v) is 32.6. The van der Waals surface area contributed by atoms with Gasteiger partial charge in [0.2, 0.25) is 0 Å². The highest BCUT2D eigenvalue weighted by molar-refractivity contribution is 6.12. The lowest BCUT2D eigenvalue weighted by molar-refractivity contribution is 0.853. The predicted molar refractivity (Wildman–Crippen MR) is 249 cm³/mol. The quantitative estimate of drug-likeness (QED) is 0.160. The number of para-hydroxylation sites is 2. The molecule has 278 valence electrons. The molecule has 0 heterocycles. The van der Waals surface area contributed by atoms with Crippen LogP contribution in [-0.4, -0.2) is 0 Å². The van der Waals surface area contributed by atoms with E-state index in [0.717, 1.165) is 29.9 Å². The molecule has 2 aliphatic rings. The fourth-order valence-corrected chi connectivity index (χ4v) is 9.97. The van der Waals surface area contributed by atoms with Crippen LogP contribution in [0.4, 0.5) is 34.1 Å². The predicted octanol–water partition coefficient (Wildman–Crippen LogP) is 15.8. The minimum atomic E-state index is 0.0198. The second-order valence-electron chi connectivity index (χ2n) is 16.1. The Bertz CT molecular complexity index is 3210. The first-order chi connectivity index (χ1) is 29.2. The van der Waals surface area contributed by atoms with E-state index in [0.29, 0.717) is 0 Å². The van der Waals surface area contributed by atoms with Gasteiger partial charge in [0.1, 0.15) is 0 Å². The third-order valence-electron chi connectivity index (χ3n) is 12.9. The molecule has 59 heavy (non-hydrogen) atoms. The Labute approximate surface area is 344 Å². The van der Waals surface area contributed by atoms with Gasteiger partial charge in [-0.05, 0) is 123 Å². The molecular weight excluding hydrogens is 713 g/mol. The maximum atomic E-state index is 2.50. The largest absolute Gasteiger partial charge is 0.310 e. The molecule has 0 bridgehead atoms. The summed E-state index contributed by atoms with van der Waals surface area (Å²) in [6.07, 6.45) is 2.32. The molecule has 0 aromatic heterocycles. The number of hydrogen-bond donors (Lipinski definition) is 0. The van der Waals surface area contributed by atoms with Crippen molar-refractivity contribution in [1.82, 2.24) is 0 Å². The summed E-state index contributed by atoms with van der Waals surface area (Å²) in [7, 11) is 0. The first kappa shape index (κ1) is 33.7. The van der Waals surface area contributed by atoms with Crippen molar-refractivity contribution >= 4 is 66.4 Å². The summed E-state index contributed by atoms with van der Waals surface area (Å²) in [6, 6.07) is 80.3. The average molecular weight is 753 g/mol. The second-order valence-corrected chi connectivity index (χ2v) is 16.1. The number of rotatable bonds is 7. The van der Waals surface area contributed by atoms with Gasteiger partial charge in [0, 0.05) is 38.6 Å². The number of benzene rings is 10. The van der Waals surface area contributed by atoms with Crippen molar-refractivity contribution < 1.29 is 0 Å². The van der Waals surface area contributed by atoms with Crippen molar-refractivity contribution in [1.29, 1.82) is 0 Å². The van der Waals surface area contributed by atoms with Crippen LogP contribution in [0.2, 0.25) is 0 Å². The van der Waals surface area contributed by atoms with E-state index < -0.39 is 0 Å². The Hall–Kier alpha value is -7.42. The molecule has 2 nitrogen and oxygen atoms in total. The van der Waals surface area contributed by atoms with Gasteiger partial charge in [-0.25, -0.2) is 0 Å². The third-order valence-corrected chi connectivity index (χ3v) is 12.9. The molecule has 0 saturated heterocycles. The van der Waals surface area contributed by atoms with Crippen molar-refractivity contribution in [3.63, 3.8) is 0 Å². The maximum Gasteiger partial charge on any atom is 0.0540 e. The van der Waals surface area contributed by atoms with Crippen molar-refractivity contribution in [3.05, 3.63) is 230 Å². The summed E-state index contributed by atoms with van der Waals surface area (Å²) in [6.45, 7) is 0. The molecule has 1 spiro atoms. The molecule has 0 N–H and O–H groups in total. The van der Waals surface area contributed by atoms with Crippen molar-refractivity contribution in [3.8, 4) is 22.3 Å². The van der Waals surface area contributed by atoms with Crippen LogP contribution in [0, 0.1) is 0 Å². The van der Waals surface area contributed by atoms with Gasteiger partial charge in [0.05, 0.1) is 17.1 Å². The molecule has 0 aliphatic heterocycles. The topological polar surface area (TPSA) is 6.48 Å². The summed E-state index contributed by atoms with van der Waals surface area (Å²) < 4.78 is 0. The Balaban J connectivity index is 0.968. The SMILES string of the molecule is c1ccc(N(c2ccc(-c3ccc4c(c3)C3(CC3)c3ccc(N(c5ccccc5)c5cccc6ccccc56)c5cccc-4c35)cc2)c2cccc3ccccc23)cc1. The van der Waals surface area contributed by atoms with Crippen LogP contribution in [0.15, 0.2) is 218 Å². The van der Waals surface area contributed by atoms with Crippen LogP contribution in [0.25, 0.3) is 54.6 Å². The molecule has 1 saturated carbocycles. The fourth-order valence-electron chi connectivity index (χ4n) is 9.97. The van der Waals surface area contributed by atoms with Crippen molar-refractivity contribution in [2.24, 2.45) is 0 Å². The third kappa shape index (κ3) is 5.34. The van der Waals surface area contributed by atoms with E-state index >= 15 is 0 Å². The lowest BCUT2D eigenvalue weighted by atomic mass is 9.73. The maximum absolute atomic E-state index is 2.50. The molecule has 1 fully saturated rings. The minimum Gasteiger partial charge on any atom is -0.310 e. The summed E-state index contributed by atoms with van der Waals surface area (Å²) in [5.74, 6) is 0. The van der Waals surface area contributed by atoms with E-state index in [4.69, 9.17) is 0 Å². The molecular formula is C57H40N2. The number of nitrogens with zero attached hydrogens (tertiary/aromatic N) is 2. The Morgan fingerprint density at radius 3 is 1.49 bits per heavy atom. The molecule has 12 rings (SSSR count). The molecule has 0 amide bonds. The Morgan fingerprint density at radius 1 is 0.322 bits per heavy atom. The molecule has 2 aliphatic carbocycles. The van der Waals surface area contributed by atoms with Gasteiger partial charge < -0.3 is 9.80 Å². The summed E-state index contributed by atoms with van der Waals surface area (Å²) in [5, 5.41) is 7.63. The van der Waals surface area contributed by atoms with Crippen LogP contribution >= 0.6 is 0 Å². The van der Waals surface area contributed by atoms with Crippen LogP contribution in [0.5, 0.6) is 0 Å². The van der Waals surface area contributed by atoms with Gasteiger partial charge in [-0.2, -0.15) is 0 Å². The molecule has 0 radical (unpaired) electrons. The van der Waals surface area contributed by atoms with E-state index in [1.54, 1.807) is 0 Å². The first-order valence-electron chi connectivity index (χ1n) is 20.7. The van der Waals surface area contributed by atoms with Crippen LogP contribution in [0.3, 0.4) is 0 Å². The van der Waals surface area contributed by atoms with E-state index in [-0.39, 0.29) is 5.41 Å². The molecule has 0 atom stereocenters. The molecule has 0 unspecified atom stereocenters. The Kier molecular flexibility index (Phi) is 7.61. The number of anilines is 6. The van der Waals surface area contributed by atoms with E-state index in [1.165, 1.54) is 82.8 Å². The first-order valence-corrected chi connectivity index (χ1v) is 20.7. The summed E-state index contributed by atoms with van der Waals surface area (Å²) in [5.41, 5.74) is 15.1. The Morgan fingerprint density at radius 2 is 0.831 bits per heavy atom. The van der Waals surface area contributed by atoms with Crippen LogP contribution < -0.4 is 9.80 Å². The zero-order valence-electron chi connectivity index (χ0n) is 32.6. The van der Waals surface area contributed by atoms with Gasteiger partial charge in [0.25, 0.3) is 0 Å². The van der Waals surface area contributed by atoms with Crippen molar-refractivity contribution in [2.75, 3.05) is 9.80 Å². The van der Waals surface area contributed by atoms with Crippen LogP contribution in [0.1, 0.15) is 24.0 Å². The monoisotopic (exact) mass is 752 g/mol. The standard InChI is InChI=1S/C57H40N2/c1-3-18-43(19-4-1)58(53-26-11-16-40-14-7-9-22-46(40)53)45-31-28-39(29-32-45)42-30-33-48-49-24-13-25-50-55(35-34-51(56(49)50)57(36-37-57)52(48)38-42)59(44-20-5-2-6-21-44)54-27-12-17-41-15-8-10-23-47(41)54/h1-35,38H,36-37H2. The molecule has 10 aromatic carbocycles. The number of fused-ring (bicyclic) bond motifs is 6. The zero-order chi connectivity index (χ0) is 38.9. The van der Waals surface area contributed by atoms with Crippen molar-refractivity contribution in [2.45, 2.75) is 18.3 Å². The second kappa shape index (κ2) is 13.3. The normalized spacial score (nSPS) is 13.4. The summed E-state index contributed by atoms with van der Waals surface area (Å²) >= 11 is 0. The van der Waals surface area contributed by atoms with Gasteiger partial charge >= 0.3 is 0 Å². The molecule has 2 heteroatoms. The highest BCUT2D eigenvalue weighted by atomic mass is 15.1. The van der Waals surface area contributed by atoms with Gasteiger partial charge in [-0.3, -0.25) is 0 Å². The minimum absolute atomic E-state index is 0.0198. The van der Waals surface area contributed by atoms with Gasteiger partial charge in [-0.1, -0.05) is 158 Å². The average Bonchev–Trinajstić information content (AvgIpc) is 4.11. The van der Waals surface area contributed by atoms with Gasteiger partial charge in [-0.15, -0.1) is 0 Å². The smallest absolute Gasteiger partial charge is 0.0540 e. The van der Waals surface area contributed by atoms with E-state index in [2.05, 4.69) is 228 Å². The lowest BCUT2D eigenvalue weighted by Gasteiger charge is -2.33. The van der Waals surface area contributed by atoms with E-state index in [9.17, 15) is 0 Å². The van der Waals surface area contributed by atoms with Crippen LogP contribution in [-0.2, 0) is 5.41 Å². The van der Waals surface area contributed by atoms with Gasteiger partial charge in [0.15, 0.2) is 0 Å². The number of hydrogen-bond acceptors (Lipinski definition) is 2. The highest BCUT2D eigenvalue weighted by Gasteiger charge is 2.50. The lowest BCUT2D eigenvalue weighted by Crippen LogP contribution is -2.17. The summed E-state index contributed by atoms with van der Waals surface area (Å²) in [4.78, 5) is 4.84. The highest BCUT2D eigenvalue weighted by Crippen LogP contribution is 2.62. The molecule has 10 aromatic rings. The fraction of sp³-hybridized carbons (Fsp3) is 0.0526. The van der Waals surface area contributed by atoms with E-state index in [1.807, 2.05) is 0 Å².